The maximum absolute atomic E-state index is 11.2. The molecule has 1 aromatic carbocycles. The van der Waals surface area contributed by atoms with E-state index in [0.29, 0.717) is 6.42 Å². The summed E-state index contributed by atoms with van der Waals surface area (Å²) in [5, 5.41) is 0. The second-order valence-corrected chi connectivity index (χ2v) is 3.33. The van der Waals surface area contributed by atoms with Crippen LogP contribution in [0.25, 0.3) is 0 Å². The van der Waals surface area contributed by atoms with Crippen LogP contribution in [0.5, 0.6) is 0 Å². The normalized spacial score (nSPS) is 11.3. The van der Waals surface area contributed by atoms with Gasteiger partial charge in [-0.3, -0.25) is 4.79 Å². The van der Waals surface area contributed by atoms with E-state index in [-0.39, 0.29) is 24.4 Å². The van der Waals surface area contributed by atoms with Gasteiger partial charge in [0.05, 0.1) is 7.11 Å². The zero-order valence-corrected chi connectivity index (χ0v) is 10.7. The number of methoxy groups -OCH3 is 1. The Bertz CT molecular complexity index is 295. The number of hydrogen-bond acceptors (Lipinski definition) is 3. The molecule has 0 radical (unpaired) electrons. The fourth-order valence-corrected chi connectivity index (χ4v) is 1.51. The lowest BCUT2D eigenvalue weighted by molar-refractivity contribution is -0.142. The number of esters is 1. The molecule has 0 spiro atoms. The average molecular weight is 295 g/mol. The van der Waals surface area contributed by atoms with Crippen LogP contribution in [0.2, 0.25) is 0 Å². The topological polar surface area (TPSA) is 38.3 Å². The van der Waals surface area contributed by atoms with E-state index < -0.39 is 0 Å². The Labute approximate surface area is 104 Å². The summed E-state index contributed by atoms with van der Waals surface area (Å²) in [4.78, 5) is 11.2. The third kappa shape index (κ3) is 4.64. The van der Waals surface area contributed by atoms with Gasteiger partial charge in [-0.15, -0.1) is 12.4 Å². The number of benzene rings is 1. The molecular formula is C10H13BrClNO2. The van der Waals surface area contributed by atoms with Crippen molar-refractivity contribution in [3.05, 3.63) is 35.9 Å². The average Bonchev–Trinajstić information content (AvgIpc) is 2.26. The van der Waals surface area contributed by atoms with Crippen molar-refractivity contribution in [3.63, 3.8) is 0 Å². The summed E-state index contributed by atoms with van der Waals surface area (Å²) < 4.78 is 7.38. The van der Waals surface area contributed by atoms with E-state index >= 15 is 0 Å². The minimum absolute atomic E-state index is 0. The molecular weight excluding hydrogens is 281 g/mol. The number of nitrogens with one attached hydrogen (secondary N) is 1. The van der Waals surface area contributed by atoms with Crippen molar-refractivity contribution in [3.8, 4) is 0 Å². The molecule has 0 amide bonds. The van der Waals surface area contributed by atoms with Crippen LogP contribution >= 0.6 is 28.6 Å². The molecule has 0 heterocycles. The SMILES string of the molecule is COC(=O)[C@@H](Cc1ccccc1)NBr.Cl. The van der Waals surface area contributed by atoms with Gasteiger partial charge in [-0.1, -0.05) is 30.3 Å². The van der Waals surface area contributed by atoms with Gasteiger partial charge < -0.3 is 4.74 Å². The van der Waals surface area contributed by atoms with Gasteiger partial charge in [-0.25, -0.2) is 4.34 Å². The minimum Gasteiger partial charge on any atom is -0.468 e. The number of carbonyl (C=O) groups excluding carboxylic acids is 1. The first kappa shape index (κ1) is 14.4. The molecule has 1 rings (SSSR count). The summed E-state index contributed by atoms with van der Waals surface area (Å²) in [6.45, 7) is 0. The Kier molecular flexibility index (Phi) is 7.38. The summed E-state index contributed by atoms with van der Waals surface area (Å²) in [5.41, 5.74) is 1.09. The smallest absolute Gasteiger partial charge is 0.324 e. The molecule has 0 saturated heterocycles. The van der Waals surface area contributed by atoms with Crippen molar-refractivity contribution in [2.45, 2.75) is 12.5 Å². The van der Waals surface area contributed by atoms with Crippen LogP contribution in [0, 0.1) is 0 Å². The Hall–Kier alpha value is -0.580. The van der Waals surface area contributed by atoms with Crippen molar-refractivity contribution in [2.24, 2.45) is 0 Å². The number of ether oxygens (including phenoxy) is 1. The molecule has 5 heteroatoms. The first-order chi connectivity index (χ1) is 6.77. The maximum Gasteiger partial charge on any atom is 0.324 e. The second kappa shape index (κ2) is 7.68. The van der Waals surface area contributed by atoms with E-state index in [4.69, 9.17) is 0 Å². The number of rotatable bonds is 4. The molecule has 1 atom stereocenters. The third-order valence-electron chi connectivity index (χ3n) is 1.90. The van der Waals surface area contributed by atoms with Crippen LogP contribution in [-0.2, 0) is 16.0 Å². The van der Waals surface area contributed by atoms with Gasteiger partial charge in [0.15, 0.2) is 0 Å². The second-order valence-electron chi connectivity index (χ2n) is 2.87. The van der Waals surface area contributed by atoms with E-state index in [1.54, 1.807) is 0 Å². The monoisotopic (exact) mass is 293 g/mol. The van der Waals surface area contributed by atoms with Crippen molar-refractivity contribution in [1.29, 1.82) is 0 Å². The van der Waals surface area contributed by atoms with Gasteiger partial charge in [0.1, 0.15) is 6.04 Å². The van der Waals surface area contributed by atoms with E-state index in [2.05, 4.69) is 25.2 Å². The van der Waals surface area contributed by atoms with Gasteiger partial charge in [0.25, 0.3) is 0 Å². The molecule has 0 fully saturated rings. The van der Waals surface area contributed by atoms with Crippen LogP contribution < -0.4 is 4.34 Å². The molecule has 0 aliphatic heterocycles. The molecule has 0 bridgehead atoms. The molecule has 0 aromatic heterocycles. The molecule has 0 aliphatic rings. The van der Waals surface area contributed by atoms with Gasteiger partial charge in [-0.2, -0.15) is 0 Å². The summed E-state index contributed by atoms with van der Waals surface area (Å²) >= 11 is 3.06. The highest BCUT2D eigenvalue weighted by atomic mass is 79.9. The number of halogens is 2. The third-order valence-corrected chi connectivity index (χ3v) is 2.45. The largest absolute Gasteiger partial charge is 0.468 e. The molecule has 0 aliphatic carbocycles. The zero-order chi connectivity index (χ0) is 10.4. The summed E-state index contributed by atoms with van der Waals surface area (Å²) in [7, 11) is 1.38. The molecule has 1 aromatic rings. The quantitative estimate of drug-likeness (QED) is 0.683. The maximum atomic E-state index is 11.2. The molecule has 0 unspecified atom stereocenters. The van der Waals surface area contributed by atoms with E-state index in [1.807, 2.05) is 30.3 Å². The first-order valence-electron chi connectivity index (χ1n) is 4.26. The molecule has 15 heavy (non-hydrogen) atoms. The lowest BCUT2D eigenvalue weighted by Crippen LogP contribution is -2.33. The van der Waals surface area contributed by atoms with Crippen LogP contribution in [0.4, 0.5) is 0 Å². The number of hydrogen-bond donors (Lipinski definition) is 1. The van der Waals surface area contributed by atoms with Gasteiger partial charge in [0, 0.05) is 16.1 Å². The molecule has 84 valence electrons. The standard InChI is InChI=1S/C10H12BrNO2.ClH/c1-14-10(13)9(12-11)7-8-5-3-2-4-6-8;/h2-6,9,12H,7H2,1H3;1H/t9-;/m1./s1. The van der Waals surface area contributed by atoms with Gasteiger partial charge in [0.2, 0.25) is 0 Å². The van der Waals surface area contributed by atoms with Crippen LogP contribution in [0.1, 0.15) is 5.56 Å². The lowest BCUT2D eigenvalue weighted by atomic mass is 10.1. The summed E-state index contributed by atoms with van der Waals surface area (Å²) in [6.07, 6.45) is 0.610. The van der Waals surface area contributed by atoms with Crippen molar-refractivity contribution in [2.75, 3.05) is 7.11 Å². The van der Waals surface area contributed by atoms with E-state index in [0.717, 1.165) is 5.56 Å². The highest BCUT2D eigenvalue weighted by Crippen LogP contribution is 2.05. The predicted molar refractivity (Wildman–Crippen MR) is 65.3 cm³/mol. The van der Waals surface area contributed by atoms with Gasteiger partial charge >= 0.3 is 5.97 Å². The van der Waals surface area contributed by atoms with Crippen molar-refractivity contribution >= 4 is 34.5 Å². The molecule has 0 saturated carbocycles. The minimum atomic E-state index is -0.345. The fraction of sp³-hybridized carbons (Fsp3) is 0.300. The fourth-order valence-electron chi connectivity index (χ4n) is 1.16. The summed E-state index contributed by atoms with van der Waals surface area (Å²) in [5.74, 6) is -0.272. The van der Waals surface area contributed by atoms with E-state index in [9.17, 15) is 4.79 Å². The first-order valence-corrected chi connectivity index (χ1v) is 5.05. The Balaban J connectivity index is 0.00000196. The van der Waals surface area contributed by atoms with Crippen molar-refractivity contribution in [1.82, 2.24) is 4.34 Å². The van der Waals surface area contributed by atoms with Crippen LogP contribution in [-0.4, -0.2) is 19.1 Å². The zero-order valence-electron chi connectivity index (χ0n) is 8.27. The highest BCUT2D eigenvalue weighted by Gasteiger charge is 2.17. The van der Waals surface area contributed by atoms with Crippen molar-refractivity contribution < 1.29 is 9.53 Å². The van der Waals surface area contributed by atoms with Gasteiger partial charge in [-0.05, 0) is 12.0 Å². The Morgan fingerprint density at radius 3 is 2.53 bits per heavy atom. The number of carbonyl (C=O) groups is 1. The highest BCUT2D eigenvalue weighted by molar-refractivity contribution is 9.08. The lowest BCUT2D eigenvalue weighted by Gasteiger charge is -2.11. The molecule has 3 nitrogen and oxygen atoms in total. The Morgan fingerprint density at radius 2 is 2.07 bits per heavy atom. The predicted octanol–water partition coefficient (Wildman–Crippen LogP) is 2.09. The Morgan fingerprint density at radius 1 is 1.47 bits per heavy atom. The molecule has 1 N–H and O–H groups in total. The van der Waals surface area contributed by atoms with E-state index in [1.165, 1.54) is 7.11 Å². The van der Waals surface area contributed by atoms with Crippen LogP contribution in [0.3, 0.4) is 0 Å². The summed E-state index contributed by atoms with van der Waals surface area (Å²) in [6, 6.07) is 9.43. The van der Waals surface area contributed by atoms with Crippen LogP contribution in [0.15, 0.2) is 30.3 Å².